The van der Waals surface area contributed by atoms with Gasteiger partial charge in [-0.15, -0.1) is 24.8 Å². The smallest absolute Gasteiger partial charge is 0.241 e. The predicted octanol–water partition coefficient (Wildman–Crippen LogP) is 3.83. The van der Waals surface area contributed by atoms with Gasteiger partial charge in [-0.1, -0.05) is 19.8 Å². The zero-order valence-corrected chi connectivity index (χ0v) is 15.6. The molecule has 2 heterocycles. The highest BCUT2D eigenvalue weighted by molar-refractivity contribution is 5.96. The molecule has 3 N–H and O–H groups in total. The number of imidazole rings is 1. The molecule has 7 heteroatoms. The minimum absolute atomic E-state index is 0. The van der Waals surface area contributed by atoms with Crippen LogP contribution in [0, 0.1) is 0 Å². The minimum Gasteiger partial charge on any atom is -0.342 e. The van der Waals surface area contributed by atoms with Gasteiger partial charge in [0.1, 0.15) is 5.82 Å². The van der Waals surface area contributed by atoms with Gasteiger partial charge in [0, 0.05) is 12.1 Å². The van der Waals surface area contributed by atoms with Crippen LogP contribution in [0.25, 0.3) is 11.0 Å². The first-order valence-electron chi connectivity index (χ1n) is 8.29. The van der Waals surface area contributed by atoms with E-state index in [2.05, 4.69) is 27.5 Å². The minimum atomic E-state index is -0.0636. The van der Waals surface area contributed by atoms with E-state index in [0.717, 1.165) is 67.6 Å². The summed E-state index contributed by atoms with van der Waals surface area (Å²) in [6.45, 7) is 3.11. The van der Waals surface area contributed by atoms with E-state index in [9.17, 15) is 4.79 Å². The normalized spacial score (nSPS) is 17.0. The highest BCUT2D eigenvalue weighted by Crippen LogP contribution is 2.19. The number of halogens is 2. The fraction of sp³-hybridized carbons (Fsp3) is 0.529. The average Bonchev–Trinajstić information content (AvgIpc) is 2.95. The van der Waals surface area contributed by atoms with Crippen molar-refractivity contribution < 1.29 is 4.79 Å². The van der Waals surface area contributed by atoms with Gasteiger partial charge in [-0.3, -0.25) is 4.79 Å². The van der Waals surface area contributed by atoms with Crippen LogP contribution in [-0.2, 0) is 11.2 Å². The second-order valence-corrected chi connectivity index (χ2v) is 6.01. The Labute approximate surface area is 155 Å². The quantitative estimate of drug-likeness (QED) is 0.746. The van der Waals surface area contributed by atoms with Gasteiger partial charge in [-0.05, 0) is 44.0 Å². The van der Waals surface area contributed by atoms with Crippen molar-refractivity contribution >= 4 is 47.4 Å². The summed E-state index contributed by atoms with van der Waals surface area (Å²) in [6, 6.07) is 5.79. The Hall–Kier alpha value is -1.30. The van der Waals surface area contributed by atoms with Crippen LogP contribution in [0.1, 0.15) is 44.9 Å². The molecule has 1 aromatic carbocycles. The molecule has 2 aromatic rings. The maximum atomic E-state index is 12.3. The Kier molecular flexibility index (Phi) is 8.53. The first-order valence-corrected chi connectivity index (χ1v) is 8.29. The van der Waals surface area contributed by atoms with Crippen LogP contribution in [0.4, 0.5) is 5.69 Å². The topological polar surface area (TPSA) is 69.8 Å². The summed E-state index contributed by atoms with van der Waals surface area (Å²) in [5.41, 5.74) is 2.77. The van der Waals surface area contributed by atoms with Gasteiger partial charge in [0.2, 0.25) is 5.91 Å². The Morgan fingerprint density at radius 3 is 2.88 bits per heavy atom. The molecule has 0 unspecified atom stereocenters. The molecule has 0 radical (unpaired) electrons. The van der Waals surface area contributed by atoms with Crippen molar-refractivity contribution in [3.8, 4) is 0 Å². The number of benzene rings is 1. The summed E-state index contributed by atoms with van der Waals surface area (Å²) in [7, 11) is 0. The first-order chi connectivity index (χ1) is 10.8. The number of aromatic amines is 1. The van der Waals surface area contributed by atoms with Crippen molar-refractivity contribution in [3.63, 3.8) is 0 Å². The lowest BCUT2D eigenvalue weighted by atomic mass is 10.0. The van der Waals surface area contributed by atoms with Crippen molar-refractivity contribution in [1.29, 1.82) is 0 Å². The molecule has 1 aliphatic heterocycles. The molecule has 134 valence electrons. The zero-order chi connectivity index (χ0) is 15.4. The van der Waals surface area contributed by atoms with Crippen molar-refractivity contribution in [3.05, 3.63) is 24.0 Å². The monoisotopic (exact) mass is 372 g/mol. The van der Waals surface area contributed by atoms with E-state index in [1.54, 1.807) is 0 Å². The zero-order valence-electron chi connectivity index (χ0n) is 13.9. The number of H-pyrrole nitrogens is 1. The number of nitrogens with zero attached hydrogens (tertiary/aromatic N) is 1. The fourth-order valence-corrected chi connectivity index (χ4v) is 2.91. The Morgan fingerprint density at radius 1 is 1.33 bits per heavy atom. The highest BCUT2D eigenvalue weighted by Gasteiger charge is 2.20. The summed E-state index contributed by atoms with van der Waals surface area (Å²) >= 11 is 0. The number of amides is 1. The third kappa shape index (κ3) is 5.10. The number of carbonyl (C=O) groups is 1. The van der Waals surface area contributed by atoms with E-state index in [4.69, 9.17) is 0 Å². The Morgan fingerprint density at radius 2 is 2.17 bits per heavy atom. The fourth-order valence-electron chi connectivity index (χ4n) is 2.91. The molecule has 1 aliphatic rings. The summed E-state index contributed by atoms with van der Waals surface area (Å²) in [6.07, 6.45) is 6.46. The lowest BCUT2D eigenvalue weighted by molar-refractivity contribution is -0.118. The predicted molar refractivity (Wildman–Crippen MR) is 103 cm³/mol. The van der Waals surface area contributed by atoms with Crippen LogP contribution in [0.15, 0.2) is 18.2 Å². The van der Waals surface area contributed by atoms with Gasteiger partial charge in [-0.25, -0.2) is 4.98 Å². The number of carbonyl (C=O) groups excluding carboxylic acids is 1. The van der Waals surface area contributed by atoms with Gasteiger partial charge in [-0.2, -0.15) is 0 Å². The molecule has 1 atom stereocenters. The summed E-state index contributed by atoms with van der Waals surface area (Å²) in [5, 5.41) is 6.28. The largest absolute Gasteiger partial charge is 0.342 e. The number of aryl methyl sites for hydroxylation is 1. The third-order valence-electron chi connectivity index (χ3n) is 4.19. The van der Waals surface area contributed by atoms with Crippen LogP contribution in [-0.4, -0.2) is 28.5 Å². The number of aromatic nitrogens is 2. The lowest BCUT2D eigenvalue weighted by Crippen LogP contribution is -2.43. The second kappa shape index (κ2) is 9.87. The maximum absolute atomic E-state index is 12.3. The highest BCUT2D eigenvalue weighted by atomic mass is 35.5. The molecule has 0 bridgehead atoms. The number of unbranched alkanes of at least 4 members (excludes halogenated alkanes) is 1. The molecule has 24 heavy (non-hydrogen) atoms. The van der Waals surface area contributed by atoms with Crippen molar-refractivity contribution in [2.75, 3.05) is 11.9 Å². The number of anilines is 1. The summed E-state index contributed by atoms with van der Waals surface area (Å²) in [4.78, 5) is 20.2. The lowest BCUT2D eigenvalue weighted by Gasteiger charge is -2.22. The van der Waals surface area contributed by atoms with Crippen LogP contribution < -0.4 is 10.6 Å². The van der Waals surface area contributed by atoms with Gasteiger partial charge < -0.3 is 15.6 Å². The van der Waals surface area contributed by atoms with Crippen LogP contribution in [0.5, 0.6) is 0 Å². The molecule has 0 aliphatic carbocycles. The Balaban J connectivity index is 0.00000144. The molecule has 1 fully saturated rings. The molecule has 0 spiro atoms. The number of nitrogens with one attached hydrogen (secondary N) is 3. The van der Waals surface area contributed by atoms with Crippen molar-refractivity contribution in [2.45, 2.75) is 51.5 Å². The van der Waals surface area contributed by atoms with E-state index < -0.39 is 0 Å². The van der Waals surface area contributed by atoms with E-state index >= 15 is 0 Å². The van der Waals surface area contributed by atoms with Crippen molar-refractivity contribution in [1.82, 2.24) is 15.3 Å². The maximum Gasteiger partial charge on any atom is 0.241 e. The number of piperidine rings is 1. The van der Waals surface area contributed by atoms with E-state index in [-0.39, 0.29) is 36.8 Å². The van der Waals surface area contributed by atoms with Gasteiger partial charge in [0.05, 0.1) is 17.1 Å². The number of rotatable bonds is 5. The second-order valence-electron chi connectivity index (χ2n) is 6.01. The summed E-state index contributed by atoms with van der Waals surface area (Å²) < 4.78 is 0. The molecular weight excluding hydrogens is 347 g/mol. The Bertz CT molecular complexity index is 653. The molecule has 1 saturated heterocycles. The van der Waals surface area contributed by atoms with Gasteiger partial charge >= 0.3 is 0 Å². The van der Waals surface area contributed by atoms with Gasteiger partial charge in [0.15, 0.2) is 0 Å². The molecule has 3 rings (SSSR count). The number of hydrogen-bond donors (Lipinski definition) is 3. The number of fused-ring (bicyclic) bond motifs is 1. The van der Waals surface area contributed by atoms with Crippen LogP contribution in [0.3, 0.4) is 0 Å². The van der Waals surface area contributed by atoms with E-state index in [1.165, 1.54) is 0 Å². The molecule has 0 saturated carbocycles. The SMILES string of the molecule is CCCCc1nc2ccc(NC(=O)[C@H]3CCCCN3)cc2[nH]1.Cl.Cl. The first kappa shape index (κ1) is 20.7. The molecule has 1 amide bonds. The molecule has 5 nitrogen and oxygen atoms in total. The van der Waals surface area contributed by atoms with E-state index in [0.29, 0.717) is 0 Å². The summed E-state index contributed by atoms with van der Waals surface area (Å²) in [5.74, 6) is 1.08. The average molecular weight is 373 g/mol. The van der Waals surface area contributed by atoms with Crippen molar-refractivity contribution in [2.24, 2.45) is 0 Å². The van der Waals surface area contributed by atoms with Crippen LogP contribution in [0.2, 0.25) is 0 Å². The molecule has 1 aromatic heterocycles. The number of hydrogen-bond acceptors (Lipinski definition) is 3. The van der Waals surface area contributed by atoms with Crippen LogP contribution >= 0.6 is 24.8 Å². The third-order valence-corrected chi connectivity index (χ3v) is 4.19. The standard InChI is InChI=1S/C17H24N4O.2ClH/c1-2-3-7-16-20-13-9-8-12(11-15(13)21-16)19-17(22)14-6-4-5-10-18-14;;/h8-9,11,14,18H,2-7,10H2,1H3,(H,19,22)(H,20,21);2*1H/t14-;;/m1../s1. The van der Waals surface area contributed by atoms with E-state index in [1.807, 2.05) is 18.2 Å². The van der Waals surface area contributed by atoms with Gasteiger partial charge in [0.25, 0.3) is 0 Å². The molecular formula is C17H26Cl2N4O.